The van der Waals surface area contributed by atoms with Crippen LogP contribution in [-0.2, 0) is 17.6 Å². The summed E-state index contributed by atoms with van der Waals surface area (Å²) in [7, 11) is 0. The lowest BCUT2D eigenvalue weighted by atomic mass is 9.71. The monoisotopic (exact) mass is 644 g/mol. The van der Waals surface area contributed by atoms with Crippen molar-refractivity contribution in [3.8, 4) is 11.1 Å². The van der Waals surface area contributed by atoms with E-state index >= 15 is 0 Å². The second-order valence-electron chi connectivity index (χ2n) is 13.5. The topological polar surface area (TPSA) is 136 Å². The van der Waals surface area contributed by atoms with E-state index in [1.165, 1.54) is 28.7 Å². The third-order valence-corrected chi connectivity index (χ3v) is 10.3. The summed E-state index contributed by atoms with van der Waals surface area (Å²) in [4.78, 5) is 45.2. The molecule has 0 radical (unpaired) electrons. The van der Waals surface area contributed by atoms with Crippen LogP contribution in [0, 0.1) is 11.3 Å². The first-order chi connectivity index (χ1) is 22.0. The van der Waals surface area contributed by atoms with Crippen molar-refractivity contribution in [1.29, 1.82) is 0 Å². The van der Waals surface area contributed by atoms with Crippen molar-refractivity contribution in [3.05, 3.63) is 86.8 Å². The number of aryl methyl sites for hydroxylation is 1. The molecule has 0 bridgehead atoms. The highest BCUT2D eigenvalue weighted by atomic mass is 32.1. The Morgan fingerprint density at radius 3 is 2.57 bits per heavy atom. The molecule has 1 aliphatic carbocycles. The van der Waals surface area contributed by atoms with Gasteiger partial charge in [-0.2, -0.15) is 0 Å². The van der Waals surface area contributed by atoms with Gasteiger partial charge in [0.25, 0.3) is 12.4 Å². The number of thiophene rings is 1. The molecule has 4 N–H and O–H groups in total. The van der Waals surface area contributed by atoms with Crippen molar-refractivity contribution in [2.75, 3.05) is 19.6 Å². The normalized spacial score (nSPS) is 19.0. The summed E-state index contributed by atoms with van der Waals surface area (Å²) in [5.41, 5.74) is 5.62. The van der Waals surface area contributed by atoms with Crippen LogP contribution in [0.3, 0.4) is 0 Å². The number of aliphatic hydroxyl groups excluding tert-OH is 1. The van der Waals surface area contributed by atoms with Gasteiger partial charge in [-0.25, -0.2) is 4.98 Å². The maximum absolute atomic E-state index is 13.7. The third kappa shape index (κ3) is 8.29. The van der Waals surface area contributed by atoms with Gasteiger partial charge in [0.1, 0.15) is 4.83 Å². The van der Waals surface area contributed by atoms with E-state index in [2.05, 4.69) is 54.2 Å². The second kappa shape index (κ2) is 14.7. The van der Waals surface area contributed by atoms with E-state index < -0.39 is 0 Å². The number of aliphatic hydroxyl groups is 1. The number of nitrogens with one attached hydrogen (secondary N) is 2. The van der Waals surface area contributed by atoms with Gasteiger partial charge < -0.3 is 25.4 Å². The summed E-state index contributed by atoms with van der Waals surface area (Å²) in [5, 5.41) is 21.4. The SMILES string of the molecule is CC(C)(C)[C@H]1CCc2nc3sc(C(=O)N[C@H](CCN4CCCC(O)C4)c4ccc(-c5ccc(=O)[nH]c5)cc4)cc3cc2C1.O=CO. The van der Waals surface area contributed by atoms with Gasteiger partial charge in [0.2, 0.25) is 5.56 Å². The molecule has 1 fully saturated rings. The Morgan fingerprint density at radius 2 is 1.89 bits per heavy atom. The molecule has 1 amide bonds. The maximum atomic E-state index is 13.7. The van der Waals surface area contributed by atoms with Gasteiger partial charge in [0.05, 0.1) is 17.0 Å². The number of nitrogens with zero attached hydrogens (tertiary/aromatic N) is 2. The lowest BCUT2D eigenvalue weighted by Gasteiger charge is -2.34. The van der Waals surface area contributed by atoms with Gasteiger partial charge in [-0.05, 0) is 96.9 Å². The van der Waals surface area contributed by atoms with Crippen LogP contribution in [0.15, 0.2) is 59.5 Å². The average molecular weight is 645 g/mol. The number of carbonyl (C=O) groups is 2. The van der Waals surface area contributed by atoms with Crippen LogP contribution < -0.4 is 10.9 Å². The van der Waals surface area contributed by atoms with Crippen LogP contribution in [0.1, 0.15) is 79.0 Å². The zero-order chi connectivity index (χ0) is 32.8. The highest BCUT2D eigenvalue weighted by molar-refractivity contribution is 7.20. The molecule has 2 aliphatic rings. The molecule has 9 nitrogen and oxygen atoms in total. The molecule has 0 saturated carbocycles. The zero-order valence-corrected chi connectivity index (χ0v) is 27.6. The molecule has 1 unspecified atom stereocenters. The van der Waals surface area contributed by atoms with E-state index in [0.29, 0.717) is 17.3 Å². The molecule has 46 heavy (non-hydrogen) atoms. The van der Waals surface area contributed by atoms with E-state index in [-0.39, 0.29) is 35.5 Å². The molecule has 1 aliphatic heterocycles. The first kappa shape index (κ1) is 33.5. The quantitative estimate of drug-likeness (QED) is 0.186. The Balaban J connectivity index is 0.00000134. The number of hydrogen-bond donors (Lipinski definition) is 4. The van der Waals surface area contributed by atoms with Gasteiger partial charge in [-0.15, -0.1) is 11.3 Å². The zero-order valence-electron chi connectivity index (χ0n) is 26.8. The molecular weight excluding hydrogens is 600 g/mol. The largest absolute Gasteiger partial charge is 0.483 e. The second-order valence-corrected chi connectivity index (χ2v) is 14.5. The number of amides is 1. The number of H-pyrrole nitrogens is 1. The Labute approximate surface area is 273 Å². The van der Waals surface area contributed by atoms with Crippen LogP contribution in [0.25, 0.3) is 21.3 Å². The van der Waals surface area contributed by atoms with Gasteiger partial charge in [0.15, 0.2) is 0 Å². The number of rotatable bonds is 7. The summed E-state index contributed by atoms with van der Waals surface area (Å²) in [6.45, 7) is 9.15. The molecule has 1 aromatic carbocycles. The molecule has 4 aromatic rings. The molecule has 6 rings (SSSR count). The summed E-state index contributed by atoms with van der Waals surface area (Å²) in [6, 6.07) is 15.6. The number of likely N-dealkylation sites (tertiary alicyclic amines) is 1. The number of aromatic amines is 1. The van der Waals surface area contributed by atoms with Crippen molar-refractivity contribution in [2.45, 2.75) is 71.4 Å². The van der Waals surface area contributed by atoms with Gasteiger partial charge in [0, 0.05) is 36.4 Å². The minimum absolute atomic E-state index is 0.0815. The van der Waals surface area contributed by atoms with Crippen LogP contribution in [0.5, 0.6) is 0 Å². The average Bonchev–Trinajstić information content (AvgIpc) is 3.45. The third-order valence-electron chi connectivity index (χ3n) is 9.27. The smallest absolute Gasteiger partial charge is 0.290 e. The number of benzene rings is 1. The van der Waals surface area contributed by atoms with Gasteiger partial charge in [-0.3, -0.25) is 14.4 Å². The lowest BCUT2D eigenvalue weighted by Crippen LogP contribution is -2.40. The standard InChI is InChI=1S/C35H42N4O3S.CH2O2/c1-35(2,3)27-11-12-29-25(18-27)17-26-19-31(43-34(26)38-29)33(42)37-30(14-16-39-15-4-5-28(40)21-39)23-8-6-22(7-9-23)24-10-13-32(41)36-20-24;2-1-3/h6-10,13,17,19-20,27-28,30,40H,4-5,11-12,14-16,18,21H2,1-3H3,(H,36,41)(H,37,42);1H,(H,2,3)/t27-,28?,30+;/m0./s1. The first-order valence-electron chi connectivity index (χ1n) is 16.0. The fraction of sp³-hybridized carbons (Fsp3) is 0.444. The number of pyridine rings is 2. The van der Waals surface area contributed by atoms with Crippen molar-refractivity contribution < 1.29 is 19.8 Å². The van der Waals surface area contributed by atoms with Crippen molar-refractivity contribution >= 4 is 33.9 Å². The van der Waals surface area contributed by atoms with Crippen molar-refractivity contribution in [2.24, 2.45) is 11.3 Å². The molecule has 10 heteroatoms. The maximum Gasteiger partial charge on any atom is 0.290 e. The van der Waals surface area contributed by atoms with E-state index in [0.717, 1.165) is 78.5 Å². The highest BCUT2D eigenvalue weighted by Gasteiger charge is 2.30. The Morgan fingerprint density at radius 1 is 1.15 bits per heavy atom. The molecule has 1 saturated heterocycles. The van der Waals surface area contributed by atoms with Crippen LogP contribution >= 0.6 is 11.3 Å². The minimum atomic E-state index is -0.283. The van der Waals surface area contributed by atoms with Crippen molar-refractivity contribution in [3.63, 3.8) is 0 Å². The first-order valence-corrected chi connectivity index (χ1v) is 16.9. The lowest BCUT2D eigenvalue weighted by molar-refractivity contribution is -0.122. The van der Waals surface area contributed by atoms with Gasteiger partial charge in [-0.1, -0.05) is 45.0 Å². The number of hydrogen-bond acceptors (Lipinski definition) is 7. The fourth-order valence-corrected chi connectivity index (χ4v) is 7.51. The van der Waals surface area contributed by atoms with Crippen LogP contribution in [-0.4, -0.2) is 63.2 Å². The molecule has 3 aromatic heterocycles. The number of aromatic nitrogens is 2. The summed E-state index contributed by atoms with van der Waals surface area (Å²) in [6.07, 6.45) is 7.21. The number of carboxylic acid groups (broad SMARTS) is 1. The molecule has 3 atom stereocenters. The molecular formula is C36H44N4O5S. The fourth-order valence-electron chi connectivity index (χ4n) is 6.57. The number of carbonyl (C=O) groups excluding carboxylic acids is 1. The minimum Gasteiger partial charge on any atom is -0.483 e. The summed E-state index contributed by atoms with van der Waals surface area (Å²) < 4.78 is 0. The Kier molecular flexibility index (Phi) is 10.7. The Hall–Kier alpha value is -3.86. The van der Waals surface area contributed by atoms with Crippen LogP contribution in [0.4, 0.5) is 0 Å². The number of fused-ring (bicyclic) bond motifs is 2. The van der Waals surface area contributed by atoms with Gasteiger partial charge >= 0.3 is 0 Å². The summed E-state index contributed by atoms with van der Waals surface area (Å²) in [5.74, 6) is 0.555. The molecule has 244 valence electrons. The van der Waals surface area contributed by atoms with Crippen molar-refractivity contribution in [1.82, 2.24) is 20.2 Å². The van der Waals surface area contributed by atoms with E-state index in [9.17, 15) is 14.7 Å². The van der Waals surface area contributed by atoms with E-state index in [1.54, 1.807) is 6.20 Å². The highest BCUT2D eigenvalue weighted by Crippen LogP contribution is 2.38. The van der Waals surface area contributed by atoms with Crippen LogP contribution in [0.2, 0.25) is 0 Å². The number of β-amino-alcohol motifs (C(OH)–C–C–N with tert-alkyl or cyclic N) is 1. The van der Waals surface area contributed by atoms with E-state index in [4.69, 9.17) is 14.9 Å². The predicted molar refractivity (Wildman–Crippen MR) is 182 cm³/mol. The predicted octanol–water partition coefficient (Wildman–Crippen LogP) is 5.82. The number of piperidine rings is 1. The molecule has 0 spiro atoms. The van der Waals surface area contributed by atoms with E-state index in [1.807, 2.05) is 24.3 Å². The molecule has 4 heterocycles. The Bertz CT molecular complexity index is 1690. The summed E-state index contributed by atoms with van der Waals surface area (Å²) >= 11 is 1.47.